The molecule has 1 rings (SSSR count). The summed E-state index contributed by atoms with van der Waals surface area (Å²) < 4.78 is 62.7. The molecular weight excluding hydrogens is 301 g/mol. The largest absolute Gasteiger partial charge is 0.573 e. The molecule has 0 saturated heterocycles. The number of carboxylic acids is 1. The molecule has 0 aliphatic rings. The van der Waals surface area contributed by atoms with E-state index in [4.69, 9.17) is 5.11 Å². The van der Waals surface area contributed by atoms with E-state index < -0.39 is 38.9 Å². The van der Waals surface area contributed by atoms with Crippen LogP contribution in [0.4, 0.5) is 13.2 Å². The van der Waals surface area contributed by atoms with Crippen LogP contribution in [0.1, 0.15) is 12.5 Å². The van der Waals surface area contributed by atoms with Crippen LogP contribution >= 0.6 is 0 Å². The predicted octanol–water partition coefficient (Wildman–Crippen LogP) is 1.97. The summed E-state index contributed by atoms with van der Waals surface area (Å²) in [6.07, 6.45) is -4.83. The number of ether oxygens (including phenoxy) is 1. The molecule has 1 aromatic rings. The van der Waals surface area contributed by atoms with Crippen molar-refractivity contribution in [3.8, 4) is 5.75 Å². The Morgan fingerprint density at radius 2 is 1.80 bits per heavy atom. The van der Waals surface area contributed by atoms with Gasteiger partial charge in [-0.05, 0) is 24.6 Å². The zero-order valence-corrected chi connectivity index (χ0v) is 11.0. The number of sulfone groups is 1. The van der Waals surface area contributed by atoms with Gasteiger partial charge in [-0.15, -0.1) is 13.2 Å². The summed E-state index contributed by atoms with van der Waals surface area (Å²) in [5.41, 5.74) is 0.174. The predicted molar refractivity (Wildman–Crippen MR) is 62.8 cm³/mol. The van der Waals surface area contributed by atoms with Crippen molar-refractivity contribution in [2.45, 2.75) is 24.3 Å². The molecule has 0 fully saturated rings. The highest BCUT2D eigenvalue weighted by Gasteiger charge is 2.31. The van der Waals surface area contributed by atoms with Gasteiger partial charge in [0.1, 0.15) is 5.75 Å². The fourth-order valence-electron chi connectivity index (χ4n) is 1.30. The molecule has 112 valence electrons. The molecule has 0 aromatic heterocycles. The molecule has 0 saturated carbocycles. The molecule has 0 aliphatic heterocycles. The number of alkyl halides is 3. The Hall–Kier alpha value is -1.77. The maximum absolute atomic E-state index is 11.9. The second-order valence-corrected chi connectivity index (χ2v) is 6.30. The summed E-state index contributed by atoms with van der Waals surface area (Å²) in [5, 5.41) is 7.05. The highest BCUT2D eigenvalue weighted by Crippen LogP contribution is 2.23. The summed E-state index contributed by atoms with van der Waals surface area (Å²) in [4.78, 5) is 10.6. The zero-order chi connectivity index (χ0) is 15.6. The first-order valence-electron chi connectivity index (χ1n) is 5.30. The average molecular weight is 312 g/mol. The van der Waals surface area contributed by atoms with E-state index in [2.05, 4.69) is 4.74 Å². The van der Waals surface area contributed by atoms with Gasteiger partial charge in [0.05, 0.1) is 5.75 Å². The van der Waals surface area contributed by atoms with Gasteiger partial charge in [0, 0.05) is 0 Å². The lowest BCUT2D eigenvalue weighted by molar-refractivity contribution is -0.274. The number of halogens is 3. The number of hydrogen-bond acceptors (Lipinski definition) is 4. The molecule has 0 spiro atoms. The minimum atomic E-state index is -4.83. The van der Waals surface area contributed by atoms with Gasteiger partial charge in [-0.2, -0.15) is 0 Å². The fourth-order valence-corrected chi connectivity index (χ4v) is 2.51. The molecule has 1 unspecified atom stereocenters. The molecule has 1 N–H and O–H groups in total. The quantitative estimate of drug-likeness (QED) is 0.899. The SMILES string of the molecule is CC(C(=O)O)S(=O)(=O)Cc1ccc(OC(F)(F)F)cc1. The van der Waals surface area contributed by atoms with Gasteiger partial charge in [0.25, 0.3) is 0 Å². The molecule has 0 amide bonds. The van der Waals surface area contributed by atoms with Crippen LogP contribution in [-0.4, -0.2) is 31.1 Å². The number of carboxylic acid groups (broad SMARTS) is 1. The first-order chi connectivity index (χ1) is 9.01. The standard InChI is InChI=1S/C11H11F3O5S/c1-7(10(15)16)20(17,18)6-8-2-4-9(5-3-8)19-11(12,13)14/h2-5,7H,6H2,1H3,(H,15,16). The van der Waals surface area contributed by atoms with Crippen molar-refractivity contribution in [3.63, 3.8) is 0 Å². The zero-order valence-electron chi connectivity index (χ0n) is 10.2. The Balaban J connectivity index is 2.83. The monoisotopic (exact) mass is 312 g/mol. The van der Waals surface area contributed by atoms with Gasteiger partial charge in [-0.3, -0.25) is 4.79 Å². The molecule has 0 bridgehead atoms. The van der Waals surface area contributed by atoms with Crippen molar-refractivity contribution in [1.82, 2.24) is 0 Å². The third-order valence-corrected chi connectivity index (χ3v) is 4.43. The third-order valence-electron chi connectivity index (χ3n) is 2.41. The highest BCUT2D eigenvalue weighted by molar-refractivity contribution is 7.91. The molecule has 0 aliphatic carbocycles. The summed E-state index contributed by atoms with van der Waals surface area (Å²) in [5.74, 6) is -2.54. The molecule has 0 heterocycles. The van der Waals surface area contributed by atoms with Crippen LogP contribution in [0.15, 0.2) is 24.3 Å². The van der Waals surface area contributed by atoms with Crippen molar-refractivity contribution in [2.75, 3.05) is 0 Å². The normalized spacial score (nSPS) is 13.8. The van der Waals surface area contributed by atoms with Crippen molar-refractivity contribution in [2.24, 2.45) is 0 Å². The average Bonchev–Trinajstić information content (AvgIpc) is 2.28. The van der Waals surface area contributed by atoms with Gasteiger partial charge in [-0.1, -0.05) is 12.1 Å². The summed E-state index contributed by atoms with van der Waals surface area (Å²) in [6.45, 7) is 1.03. The summed E-state index contributed by atoms with van der Waals surface area (Å²) >= 11 is 0. The number of hydrogen-bond donors (Lipinski definition) is 1. The lowest BCUT2D eigenvalue weighted by Crippen LogP contribution is -2.28. The van der Waals surface area contributed by atoms with E-state index in [0.29, 0.717) is 0 Å². The van der Waals surface area contributed by atoms with Gasteiger partial charge in [0.15, 0.2) is 15.1 Å². The minimum Gasteiger partial charge on any atom is -0.480 e. The summed E-state index contributed by atoms with van der Waals surface area (Å²) in [7, 11) is -3.92. The van der Waals surface area contributed by atoms with Crippen molar-refractivity contribution in [3.05, 3.63) is 29.8 Å². The first kappa shape index (κ1) is 16.3. The molecule has 1 atom stereocenters. The van der Waals surface area contributed by atoms with Crippen LogP contribution in [-0.2, 0) is 20.4 Å². The van der Waals surface area contributed by atoms with Crippen molar-refractivity contribution < 1.29 is 36.2 Å². The lowest BCUT2D eigenvalue weighted by Gasteiger charge is -2.10. The van der Waals surface area contributed by atoms with Crippen molar-refractivity contribution in [1.29, 1.82) is 0 Å². The summed E-state index contributed by atoms with van der Waals surface area (Å²) in [6, 6.07) is 4.19. The molecule has 20 heavy (non-hydrogen) atoms. The maximum atomic E-state index is 11.9. The smallest absolute Gasteiger partial charge is 0.480 e. The Kier molecular flexibility index (Phi) is 4.64. The number of rotatable bonds is 5. The van der Waals surface area contributed by atoms with Crippen LogP contribution in [0.5, 0.6) is 5.75 Å². The highest BCUT2D eigenvalue weighted by atomic mass is 32.2. The van der Waals surface area contributed by atoms with Crippen LogP contribution in [0.25, 0.3) is 0 Å². The van der Waals surface area contributed by atoms with E-state index in [0.717, 1.165) is 31.2 Å². The number of aliphatic carboxylic acids is 1. The van der Waals surface area contributed by atoms with Gasteiger partial charge < -0.3 is 9.84 Å². The first-order valence-corrected chi connectivity index (χ1v) is 7.02. The maximum Gasteiger partial charge on any atom is 0.573 e. The third kappa shape index (κ3) is 4.72. The van der Waals surface area contributed by atoms with Crippen LogP contribution in [0.2, 0.25) is 0 Å². The fraction of sp³-hybridized carbons (Fsp3) is 0.364. The van der Waals surface area contributed by atoms with E-state index in [9.17, 15) is 26.4 Å². The van der Waals surface area contributed by atoms with Crippen LogP contribution < -0.4 is 4.74 Å². The van der Waals surface area contributed by atoms with Crippen LogP contribution in [0, 0.1) is 0 Å². The topological polar surface area (TPSA) is 80.7 Å². The number of benzene rings is 1. The van der Waals surface area contributed by atoms with E-state index in [1.165, 1.54) is 0 Å². The minimum absolute atomic E-state index is 0.174. The van der Waals surface area contributed by atoms with Gasteiger partial charge >= 0.3 is 12.3 Å². The Morgan fingerprint density at radius 1 is 1.30 bits per heavy atom. The van der Waals surface area contributed by atoms with E-state index in [1.54, 1.807) is 0 Å². The molecule has 9 heteroatoms. The van der Waals surface area contributed by atoms with E-state index in [1.807, 2.05) is 0 Å². The molecule has 0 radical (unpaired) electrons. The van der Waals surface area contributed by atoms with Crippen LogP contribution in [0.3, 0.4) is 0 Å². The Bertz CT molecular complexity index is 577. The van der Waals surface area contributed by atoms with E-state index >= 15 is 0 Å². The van der Waals surface area contributed by atoms with Crippen molar-refractivity contribution >= 4 is 15.8 Å². The molecule has 5 nitrogen and oxygen atoms in total. The van der Waals surface area contributed by atoms with E-state index in [-0.39, 0.29) is 5.56 Å². The molecule has 1 aromatic carbocycles. The Labute approximate surface area is 112 Å². The number of carbonyl (C=O) groups is 1. The lowest BCUT2D eigenvalue weighted by atomic mass is 10.2. The second kappa shape index (κ2) is 5.70. The Morgan fingerprint density at radius 3 is 2.20 bits per heavy atom. The molecular formula is C11H11F3O5S. The van der Waals surface area contributed by atoms with Gasteiger partial charge in [-0.25, -0.2) is 8.42 Å². The second-order valence-electron chi connectivity index (χ2n) is 3.98. The van der Waals surface area contributed by atoms with Gasteiger partial charge in [0.2, 0.25) is 0 Å².